The molecule has 236 valence electrons. The lowest BCUT2D eigenvalue weighted by molar-refractivity contribution is -0.143. The van der Waals surface area contributed by atoms with E-state index in [1.54, 1.807) is 12.1 Å². The highest BCUT2D eigenvalue weighted by Crippen LogP contribution is 2.29. The lowest BCUT2D eigenvalue weighted by atomic mass is 9.91. The van der Waals surface area contributed by atoms with E-state index in [1.165, 1.54) is 0 Å². The Hall–Kier alpha value is -4.12. The number of ether oxygens (including phenoxy) is 1. The Morgan fingerprint density at radius 3 is 1.61 bits per heavy atom. The molecule has 0 heterocycles. The zero-order valence-corrected chi connectivity index (χ0v) is 25.7. The van der Waals surface area contributed by atoms with Crippen LogP contribution in [-0.2, 0) is 27.2 Å². The quantitative estimate of drug-likeness (QED) is 0.148. The number of hydrogen-bond donors (Lipinski definition) is 5. The maximum atomic E-state index is 11.6. The van der Waals surface area contributed by atoms with Crippen LogP contribution in [0.2, 0.25) is 0 Å². The van der Waals surface area contributed by atoms with Gasteiger partial charge in [0.05, 0.1) is 19.8 Å². The van der Waals surface area contributed by atoms with Gasteiger partial charge < -0.3 is 31.9 Å². The molecule has 0 aliphatic heterocycles. The molecule has 10 nitrogen and oxygen atoms in total. The Balaban J connectivity index is 0.000000241. The van der Waals surface area contributed by atoms with Crippen molar-refractivity contribution in [2.45, 2.75) is 108 Å². The van der Waals surface area contributed by atoms with Crippen molar-refractivity contribution in [3.63, 3.8) is 0 Å². The fourth-order valence-electron chi connectivity index (χ4n) is 5.65. The predicted octanol–water partition coefficient (Wildman–Crippen LogP) is 6.35. The Morgan fingerprint density at radius 1 is 0.795 bits per heavy atom. The summed E-state index contributed by atoms with van der Waals surface area (Å²) in [7, 11) is 0. The summed E-state index contributed by atoms with van der Waals surface area (Å²) in [5, 5.41) is 15.9. The number of benzene rings is 2. The van der Waals surface area contributed by atoms with E-state index in [4.69, 9.17) is 34.5 Å². The molecule has 0 aromatic heterocycles. The van der Waals surface area contributed by atoms with Crippen molar-refractivity contribution in [3.8, 4) is 0 Å². The number of hydrogen-bond acceptors (Lipinski definition) is 7. The average Bonchev–Trinajstić information content (AvgIpc) is 3.02. The predicted molar refractivity (Wildman–Crippen MR) is 174 cm³/mol. The van der Waals surface area contributed by atoms with Crippen LogP contribution in [0, 0.1) is 13.1 Å². The van der Waals surface area contributed by atoms with E-state index in [0.29, 0.717) is 61.4 Å². The lowest BCUT2D eigenvalue weighted by Gasteiger charge is -2.28. The number of aryl methyl sites for hydroxylation is 2. The minimum atomic E-state index is -0.807. The molecule has 0 unspecified atom stereocenters. The molecule has 0 bridgehead atoms. The molecule has 10 heteroatoms. The molecule has 0 radical (unpaired) electrons. The van der Waals surface area contributed by atoms with Crippen LogP contribution < -0.4 is 22.1 Å². The van der Waals surface area contributed by atoms with E-state index < -0.39 is 5.97 Å². The van der Waals surface area contributed by atoms with Crippen molar-refractivity contribution >= 4 is 34.7 Å². The van der Waals surface area contributed by atoms with Crippen LogP contribution in [0.15, 0.2) is 36.4 Å². The Kier molecular flexibility index (Phi) is 14.0. The molecule has 44 heavy (non-hydrogen) atoms. The van der Waals surface area contributed by atoms with E-state index in [9.17, 15) is 9.59 Å². The number of nitrogens with two attached hydrogens (primary N) is 2. The third-order valence-corrected chi connectivity index (χ3v) is 8.22. The van der Waals surface area contributed by atoms with E-state index in [2.05, 4.69) is 20.3 Å². The Morgan fingerprint density at radius 2 is 1.23 bits per heavy atom. The molecule has 2 fully saturated rings. The average molecular weight is 603 g/mol. The van der Waals surface area contributed by atoms with Gasteiger partial charge in [-0.3, -0.25) is 9.59 Å². The van der Waals surface area contributed by atoms with Gasteiger partial charge in [0, 0.05) is 48.4 Å². The maximum absolute atomic E-state index is 11.6. The first-order valence-electron chi connectivity index (χ1n) is 15.6. The zero-order valence-electron chi connectivity index (χ0n) is 25.7. The fourth-order valence-corrected chi connectivity index (χ4v) is 5.65. The number of carbonyl (C=O) groups excluding carboxylic acids is 1. The molecule has 4 rings (SSSR count). The van der Waals surface area contributed by atoms with E-state index in [-0.39, 0.29) is 12.4 Å². The van der Waals surface area contributed by atoms with Crippen molar-refractivity contribution in [1.29, 1.82) is 0 Å². The van der Waals surface area contributed by atoms with Crippen LogP contribution in [0.5, 0.6) is 0 Å². The van der Waals surface area contributed by atoms with Gasteiger partial charge in [0.2, 0.25) is 0 Å². The van der Waals surface area contributed by atoms with Gasteiger partial charge in [-0.1, -0.05) is 24.3 Å². The molecule has 2 aliphatic carbocycles. The van der Waals surface area contributed by atoms with E-state index in [0.717, 1.165) is 73.9 Å². The molecule has 0 spiro atoms. The summed E-state index contributed by atoms with van der Waals surface area (Å²) in [5.41, 5.74) is 16.9. The van der Waals surface area contributed by atoms with Crippen molar-refractivity contribution in [1.82, 2.24) is 0 Å². The topological polar surface area (TPSA) is 148 Å². The molecule has 0 amide bonds. The summed E-state index contributed by atoms with van der Waals surface area (Å²) < 4.78 is 4.99. The standard InChI is InChI=1S/C18H25N3O2.C16H21N3O2/c1-3-23-18(22)11-5-13-4-8-16(20-2)12-17(13)21-15-9-6-14(19)7-10-15;1-18-14-6-2-11(3-9-16(20)21)15(10-14)19-13-7-4-12(17)5-8-13/h4,8,12,14-15,21H,3,5-7,9-11,19H2,1H3;2,6,10,12-13,19H,3-5,7-9,17H2,(H,20,21). The summed E-state index contributed by atoms with van der Waals surface area (Å²) in [6.45, 7) is 16.5. The van der Waals surface area contributed by atoms with Gasteiger partial charge in [0.25, 0.3) is 0 Å². The minimum absolute atomic E-state index is 0.0988. The number of rotatable bonds is 11. The fraction of sp³-hybridized carbons (Fsp3) is 0.529. The van der Waals surface area contributed by atoms with Crippen LogP contribution in [0.3, 0.4) is 0 Å². The number of carbonyl (C=O) groups is 2. The maximum Gasteiger partial charge on any atom is 0.306 e. The molecule has 2 aromatic rings. The molecule has 2 saturated carbocycles. The van der Waals surface area contributed by atoms with Crippen LogP contribution in [-0.4, -0.2) is 47.8 Å². The number of nitrogens with zero attached hydrogens (tertiary/aromatic N) is 2. The van der Waals surface area contributed by atoms with Gasteiger partial charge in [-0.15, -0.1) is 0 Å². The molecule has 2 aliphatic rings. The number of aliphatic carboxylic acids is 1. The van der Waals surface area contributed by atoms with Crippen molar-refractivity contribution in [2.75, 3.05) is 17.2 Å². The molecule has 0 saturated heterocycles. The van der Waals surface area contributed by atoms with Crippen LogP contribution in [0.4, 0.5) is 22.7 Å². The molecule has 7 N–H and O–H groups in total. The van der Waals surface area contributed by atoms with Crippen LogP contribution >= 0.6 is 0 Å². The van der Waals surface area contributed by atoms with Crippen molar-refractivity contribution in [2.24, 2.45) is 11.5 Å². The summed E-state index contributed by atoms with van der Waals surface area (Å²) in [6, 6.07) is 12.4. The summed E-state index contributed by atoms with van der Waals surface area (Å²) in [6.07, 6.45) is 9.72. The van der Waals surface area contributed by atoms with E-state index >= 15 is 0 Å². The number of anilines is 2. The highest BCUT2D eigenvalue weighted by atomic mass is 16.5. The zero-order chi connectivity index (χ0) is 31.9. The van der Waals surface area contributed by atoms with Gasteiger partial charge in [-0.05, 0) is 94.4 Å². The third kappa shape index (κ3) is 11.5. The van der Waals surface area contributed by atoms with Gasteiger partial charge in [0.15, 0.2) is 11.4 Å². The normalized spacial score (nSPS) is 21.0. The second-order valence-electron chi connectivity index (χ2n) is 11.6. The summed E-state index contributed by atoms with van der Waals surface area (Å²) in [5.74, 6) is -0.991. The largest absolute Gasteiger partial charge is 0.481 e. The minimum Gasteiger partial charge on any atom is -0.481 e. The number of carboxylic acid groups (broad SMARTS) is 1. The highest BCUT2D eigenvalue weighted by molar-refractivity contribution is 5.71. The lowest BCUT2D eigenvalue weighted by Crippen LogP contribution is -2.33. The molecule has 2 aromatic carbocycles. The van der Waals surface area contributed by atoms with E-state index in [1.807, 2.05) is 31.2 Å². The van der Waals surface area contributed by atoms with Gasteiger partial charge >= 0.3 is 11.9 Å². The van der Waals surface area contributed by atoms with Crippen LogP contribution in [0.1, 0.15) is 82.3 Å². The van der Waals surface area contributed by atoms with Gasteiger partial charge in [-0.2, -0.15) is 0 Å². The Bertz CT molecular complexity index is 1320. The summed E-state index contributed by atoms with van der Waals surface area (Å²) >= 11 is 0. The van der Waals surface area contributed by atoms with Crippen LogP contribution in [0.25, 0.3) is 9.69 Å². The molecular weight excluding hydrogens is 556 g/mol. The number of nitrogens with one attached hydrogen (secondary N) is 2. The smallest absolute Gasteiger partial charge is 0.306 e. The Labute approximate surface area is 261 Å². The monoisotopic (exact) mass is 602 g/mol. The van der Waals surface area contributed by atoms with Gasteiger partial charge in [-0.25, -0.2) is 9.69 Å². The highest BCUT2D eigenvalue weighted by Gasteiger charge is 2.20. The first kappa shape index (κ1) is 34.4. The molecule has 0 atom stereocenters. The third-order valence-electron chi connectivity index (χ3n) is 8.22. The number of esters is 1. The SMILES string of the molecule is [C-]#[N+]c1ccc(CCC(=O)O)c(NC2CCC(N)CC2)c1.[C-]#[N+]c1ccc(CCC(=O)OCC)c(NC2CCC(N)CC2)c1. The number of carboxylic acids is 1. The van der Waals surface area contributed by atoms with Gasteiger partial charge in [0.1, 0.15) is 0 Å². The first-order valence-corrected chi connectivity index (χ1v) is 15.6. The second kappa shape index (κ2) is 17.9. The second-order valence-corrected chi connectivity index (χ2v) is 11.6. The van der Waals surface area contributed by atoms with Crippen molar-refractivity contribution < 1.29 is 19.4 Å². The summed E-state index contributed by atoms with van der Waals surface area (Å²) in [4.78, 5) is 29.3. The molecular formula is C34H46N6O4. The first-order chi connectivity index (χ1) is 21.2. The van der Waals surface area contributed by atoms with Crippen molar-refractivity contribution in [3.05, 3.63) is 70.4 Å².